The number of thiophene rings is 1. The normalized spacial score (nSPS) is 17.2. The van der Waals surface area contributed by atoms with Crippen molar-refractivity contribution < 1.29 is 0 Å². The van der Waals surface area contributed by atoms with E-state index in [1.807, 2.05) is 18.4 Å². The van der Waals surface area contributed by atoms with Crippen LogP contribution in [0.15, 0.2) is 36.4 Å². The summed E-state index contributed by atoms with van der Waals surface area (Å²) in [6.07, 6.45) is 4.15. The Balaban J connectivity index is 1.83. The molecule has 0 amide bonds. The van der Waals surface area contributed by atoms with Gasteiger partial charge in [0.2, 0.25) is 0 Å². The van der Waals surface area contributed by atoms with Crippen molar-refractivity contribution in [1.82, 2.24) is 5.32 Å². The molecule has 1 aliphatic rings. The van der Waals surface area contributed by atoms with Gasteiger partial charge in [0.15, 0.2) is 0 Å². The quantitative estimate of drug-likeness (QED) is 0.854. The predicted molar refractivity (Wildman–Crippen MR) is 83.0 cm³/mol. The Morgan fingerprint density at radius 1 is 1.11 bits per heavy atom. The van der Waals surface area contributed by atoms with Crippen molar-refractivity contribution in [2.75, 3.05) is 7.05 Å². The van der Waals surface area contributed by atoms with Gasteiger partial charge in [-0.15, -0.1) is 11.3 Å². The fourth-order valence-electron chi connectivity index (χ4n) is 2.78. The molecular weight excluding hydrogens is 250 g/mol. The van der Waals surface area contributed by atoms with Gasteiger partial charge in [0, 0.05) is 9.75 Å². The van der Waals surface area contributed by atoms with Crippen LogP contribution in [0.25, 0.3) is 0 Å². The van der Waals surface area contributed by atoms with Gasteiger partial charge in [-0.3, -0.25) is 0 Å². The summed E-state index contributed by atoms with van der Waals surface area (Å²) in [6, 6.07) is 14.0. The number of aryl methyl sites for hydroxylation is 1. The summed E-state index contributed by atoms with van der Waals surface area (Å²) in [4.78, 5) is 2.78. The zero-order valence-electron chi connectivity index (χ0n) is 11.6. The monoisotopic (exact) mass is 271 g/mol. The first-order valence-corrected chi connectivity index (χ1v) is 7.93. The van der Waals surface area contributed by atoms with Crippen molar-refractivity contribution in [3.8, 4) is 0 Å². The molecule has 0 bridgehead atoms. The summed E-state index contributed by atoms with van der Waals surface area (Å²) in [5.74, 6) is 0.825. The molecule has 3 rings (SSSR count). The Morgan fingerprint density at radius 3 is 2.32 bits per heavy atom. The van der Waals surface area contributed by atoms with Gasteiger partial charge >= 0.3 is 0 Å². The third-order valence-electron chi connectivity index (χ3n) is 4.18. The van der Waals surface area contributed by atoms with Crippen LogP contribution in [-0.2, 0) is 0 Å². The highest BCUT2D eigenvalue weighted by Gasteiger charge is 2.20. The van der Waals surface area contributed by atoms with Crippen LogP contribution in [0.5, 0.6) is 0 Å². The highest BCUT2D eigenvalue weighted by Crippen LogP contribution is 2.37. The van der Waals surface area contributed by atoms with E-state index in [-0.39, 0.29) is 0 Å². The van der Waals surface area contributed by atoms with Crippen molar-refractivity contribution >= 4 is 11.3 Å². The molecule has 1 saturated carbocycles. The molecule has 0 spiro atoms. The molecule has 1 unspecified atom stereocenters. The standard InChI is InChI=1S/C17H21NS/c1-12-6-11-16(19-12)17(18-2)15-9-7-14(8-10-15)13-4-3-5-13/h6-11,13,17-18H,3-5H2,1-2H3. The van der Waals surface area contributed by atoms with E-state index >= 15 is 0 Å². The van der Waals surface area contributed by atoms with E-state index in [1.54, 1.807) is 0 Å². The van der Waals surface area contributed by atoms with Gasteiger partial charge in [-0.05, 0) is 56.0 Å². The maximum absolute atomic E-state index is 3.44. The molecule has 1 N–H and O–H groups in total. The molecular formula is C17H21NS. The van der Waals surface area contributed by atoms with Gasteiger partial charge in [0.25, 0.3) is 0 Å². The lowest BCUT2D eigenvalue weighted by Gasteiger charge is -2.26. The van der Waals surface area contributed by atoms with E-state index < -0.39 is 0 Å². The predicted octanol–water partition coefficient (Wildman–Crippen LogP) is 4.63. The fourth-order valence-corrected chi connectivity index (χ4v) is 3.80. The second-order valence-corrected chi connectivity index (χ2v) is 6.78. The van der Waals surface area contributed by atoms with Crippen LogP contribution in [0, 0.1) is 6.92 Å². The van der Waals surface area contributed by atoms with Gasteiger partial charge in [-0.25, -0.2) is 0 Å². The lowest BCUT2D eigenvalue weighted by Crippen LogP contribution is -2.16. The lowest BCUT2D eigenvalue weighted by atomic mass is 9.80. The number of nitrogens with one attached hydrogen (secondary N) is 1. The van der Waals surface area contributed by atoms with Gasteiger partial charge in [-0.1, -0.05) is 30.7 Å². The second-order valence-electron chi connectivity index (χ2n) is 5.46. The molecule has 1 aliphatic carbocycles. The fraction of sp³-hybridized carbons (Fsp3) is 0.412. The summed E-state index contributed by atoms with van der Waals surface area (Å²) in [5.41, 5.74) is 2.89. The highest BCUT2D eigenvalue weighted by molar-refractivity contribution is 7.12. The highest BCUT2D eigenvalue weighted by atomic mass is 32.1. The third-order valence-corrected chi connectivity index (χ3v) is 5.25. The topological polar surface area (TPSA) is 12.0 Å². The molecule has 19 heavy (non-hydrogen) atoms. The molecule has 1 heterocycles. The summed E-state index contributed by atoms with van der Waals surface area (Å²) >= 11 is 1.88. The Labute approximate surface area is 119 Å². The van der Waals surface area contributed by atoms with Crippen LogP contribution in [0.4, 0.5) is 0 Å². The number of hydrogen-bond donors (Lipinski definition) is 1. The maximum Gasteiger partial charge on any atom is 0.0668 e. The molecule has 1 aromatic carbocycles. The average molecular weight is 271 g/mol. The molecule has 0 aliphatic heterocycles. The van der Waals surface area contributed by atoms with Gasteiger partial charge in [0.1, 0.15) is 0 Å². The minimum absolute atomic E-state index is 0.328. The second kappa shape index (κ2) is 5.48. The lowest BCUT2D eigenvalue weighted by molar-refractivity contribution is 0.419. The summed E-state index contributed by atoms with van der Waals surface area (Å²) < 4.78 is 0. The molecule has 2 heteroatoms. The Kier molecular flexibility index (Phi) is 3.72. The first kappa shape index (κ1) is 12.9. The number of rotatable bonds is 4. The van der Waals surface area contributed by atoms with E-state index in [0.717, 1.165) is 5.92 Å². The molecule has 1 fully saturated rings. The van der Waals surface area contributed by atoms with Crippen LogP contribution < -0.4 is 5.32 Å². The molecule has 1 aromatic heterocycles. The van der Waals surface area contributed by atoms with Gasteiger partial charge in [-0.2, -0.15) is 0 Å². The minimum Gasteiger partial charge on any atom is -0.309 e. The first-order chi connectivity index (χ1) is 9.28. The summed E-state index contributed by atoms with van der Waals surface area (Å²) in [5, 5.41) is 3.44. The maximum atomic E-state index is 3.44. The summed E-state index contributed by atoms with van der Waals surface area (Å²) in [6.45, 7) is 2.17. The SMILES string of the molecule is CNC(c1ccc(C2CCC2)cc1)c1ccc(C)s1. The molecule has 1 atom stereocenters. The van der Waals surface area contributed by atoms with Crippen molar-refractivity contribution in [2.24, 2.45) is 0 Å². The third kappa shape index (κ3) is 2.60. The van der Waals surface area contributed by atoms with E-state index in [2.05, 4.69) is 48.6 Å². The summed E-state index contributed by atoms with van der Waals surface area (Å²) in [7, 11) is 2.04. The van der Waals surface area contributed by atoms with Crippen LogP contribution >= 0.6 is 11.3 Å². The Morgan fingerprint density at radius 2 is 1.84 bits per heavy atom. The van der Waals surface area contributed by atoms with Crippen molar-refractivity contribution in [3.63, 3.8) is 0 Å². The van der Waals surface area contributed by atoms with Crippen LogP contribution in [0.2, 0.25) is 0 Å². The van der Waals surface area contributed by atoms with Crippen LogP contribution in [-0.4, -0.2) is 7.05 Å². The first-order valence-electron chi connectivity index (χ1n) is 7.11. The number of benzene rings is 1. The van der Waals surface area contributed by atoms with Crippen molar-refractivity contribution in [3.05, 3.63) is 57.3 Å². The van der Waals surface area contributed by atoms with Gasteiger partial charge < -0.3 is 5.32 Å². The van der Waals surface area contributed by atoms with E-state index in [1.165, 1.54) is 40.1 Å². The largest absolute Gasteiger partial charge is 0.309 e. The molecule has 100 valence electrons. The Hall–Kier alpha value is -1.12. The molecule has 1 nitrogen and oxygen atoms in total. The zero-order valence-corrected chi connectivity index (χ0v) is 12.5. The molecule has 0 saturated heterocycles. The van der Waals surface area contributed by atoms with Crippen molar-refractivity contribution in [2.45, 2.75) is 38.1 Å². The van der Waals surface area contributed by atoms with Crippen LogP contribution in [0.3, 0.4) is 0 Å². The van der Waals surface area contributed by atoms with E-state index in [9.17, 15) is 0 Å². The average Bonchev–Trinajstić information content (AvgIpc) is 2.77. The minimum atomic E-state index is 0.328. The van der Waals surface area contributed by atoms with E-state index in [4.69, 9.17) is 0 Å². The molecule has 2 aromatic rings. The molecule has 0 radical (unpaired) electrons. The Bertz CT molecular complexity index is 537. The number of hydrogen-bond acceptors (Lipinski definition) is 2. The van der Waals surface area contributed by atoms with E-state index in [0.29, 0.717) is 6.04 Å². The van der Waals surface area contributed by atoms with Gasteiger partial charge in [0.05, 0.1) is 6.04 Å². The van der Waals surface area contributed by atoms with Crippen LogP contribution in [0.1, 0.15) is 52.1 Å². The zero-order chi connectivity index (χ0) is 13.2. The smallest absolute Gasteiger partial charge is 0.0668 e. The van der Waals surface area contributed by atoms with Crippen molar-refractivity contribution in [1.29, 1.82) is 0 Å².